The quantitative estimate of drug-likeness (QED) is 0.813. The molecule has 0 aromatic heterocycles. The Labute approximate surface area is 107 Å². The van der Waals surface area contributed by atoms with Crippen LogP contribution in [0.4, 0.5) is 0 Å². The molecule has 1 N–H and O–H groups in total. The largest absolute Gasteiger partial charge is 0.469 e. The van der Waals surface area contributed by atoms with Crippen molar-refractivity contribution in [3.63, 3.8) is 0 Å². The first-order valence-electron chi connectivity index (χ1n) is 6.01. The van der Waals surface area contributed by atoms with Gasteiger partial charge in [-0.25, -0.2) is 0 Å². The number of carbonyl (C=O) groups is 2. The van der Waals surface area contributed by atoms with Crippen LogP contribution in [0.25, 0.3) is 0 Å². The van der Waals surface area contributed by atoms with Crippen molar-refractivity contribution in [2.45, 2.75) is 32.7 Å². The number of aryl methyl sites for hydroxylation is 1. The number of nitrogens with one attached hydrogen (secondary N) is 1. The lowest BCUT2D eigenvalue weighted by molar-refractivity contribution is -0.141. The normalized spacial score (nSPS) is 11.7. The van der Waals surface area contributed by atoms with Gasteiger partial charge >= 0.3 is 5.97 Å². The molecule has 0 aliphatic carbocycles. The standard InChI is InChI=1S/C14H19NO3/c1-4-12(9-13(16)18-3)15-14(17)11-7-5-6-10(2)8-11/h5-8,12H,4,9H2,1-3H3,(H,15,17). The predicted octanol–water partition coefficient (Wildman–Crippen LogP) is 2.07. The fourth-order valence-electron chi connectivity index (χ4n) is 1.64. The molecular weight excluding hydrogens is 230 g/mol. The van der Waals surface area contributed by atoms with Crippen molar-refractivity contribution in [2.75, 3.05) is 7.11 Å². The number of hydrogen-bond acceptors (Lipinski definition) is 3. The van der Waals surface area contributed by atoms with Gasteiger partial charge in [-0.1, -0.05) is 24.6 Å². The Morgan fingerprint density at radius 3 is 2.67 bits per heavy atom. The molecule has 1 aromatic rings. The van der Waals surface area contributed by atoms with E-state index >= 15 is 0 Å². The maximum Gasteiger partial charge on any atom is 0.307 e. The van der Waals surface area contributed by atoms with Gasteiger partial charge in [0.05, 0.1) is 13.5 Å². The molecule has 0 radical (unpaired) electrons. The van der Waals surface area contributed by atoms with Crippen LogP contribution < -0.4 is 5.32 Å². The number of ether oxygens (including phenoxy) is 1. The molecule has 0 saturated heterocycles. The SMILES string of the molecule is CCC(CC(=O)OC)NC(=O)c1cccc(C)c1. The minimum Gasteiger partial charge on any atom is -0.469 e. The van der Waals surface area contributed by atoms with Crippen LogP contribution in [-0.4, -0.2) is 25.0 Å². The molecule has 0 saturated carbocycles. The second kappa shape index (κ2) is 6.79. The van der Waals surface area contributed by atoms with Crippen molar-refractivity contribution in [1.82, 2.24) is 5.32 Å². The average Bonchev–Trinajstić information content (AvgIpc) is 2.37. The zero-order valence-electron chi connectivity index (χ0n) is 11.0. The summed E-state index contributed by atoms with van der Waals surface area (Å²) in [5, 5.41) is 2.84. The Hall–Kier alpha value is -1.84. The van der Waals surface area contributed by atoms with Gasteiger partial charge in [0.1, 0.15) is 0 Å². The third-order valence-electron chi connectivity index (χ3n) is 2.75. The van der Waals surface area contributed by atoms with Crippen LogP contribution in [0.3, 0.4) is 0 Å². The van der Waals surface area contributed by atoms with Crippen LogP contribution in [0.2, 0.25) is 0 Å². The van der Waals surface area contributed by atoms with Crippen LogP contribution in [0.5, 0.6) is 0 Å². The molecular formula is C14H19NO3. The van der Waals surface area contributed by atoms with Crippen LogP contribution in [0.15, 0.2) is 24.3 Å². The van der Waals surface area contributed by atoms with Crippen molar-refractivity contribution in [1.29, 1.82) is 0 Å². The van der Waals surface area contributed by atoms with Crippen LogP contribution in [-0.2, 0) is 9.53 Å². The van der Waals surface area contributed by atoms with Gasteiger partial charge in [-0.3, -0.25) is 9.59 Å². The van der Waals surface area contributed by atoms with Gasteiger partial charge in [0, 0.05) is 11.6 Å². The van der Waals surface area contributed by atoms with E-state index in [-0.39, 0.29) is 24.3 Å². The van der Waals surface area contributed by atoms with E-state index < -0.39 is 0 Å². The minimum atomic E-state index is -0.314. The third-order valence-corrected chi connectivity index (χ3v) is 2.75. The summed E-state index contributed by atoms with van der Waals surface area (Å²) in [4.78, 5) is 23.2. The van der Waals surface area contributed by atoms with E-state index in [4.69, 9.17) is 0 Å². The number of hydrogen-bond donors (Lipinski definition) is 1. The summed E-state index contributed by atoms with van der Waals surface area (Å²) in [7, 11) is 1.34. The third kappa shape index (κ3) is 4.20. The van der Waals surface area contributed by atoms with Crippen molar-refractivity contribution in [3.8, 4) is 0 Å². The molecule has 18 heavy (non-hydrogen) atoms. The second-order valence-electron chi connectivity index (χ2n) is 4.23. The highest BCUT2D eigenvalue weighted by Gasteiger charge is 2.15. The zero-order chi connectivity index (χ0) is 13.5. The van der Waals surface area contributed by atoms with Gasteiger partial charge in [-0.15, -0.1) is 0 Å². The van der Waals surface area contributed by atoms with E-state index in [1.807, 2.05) is 32.0 Å². The molecule has 0 fully saturated rings. The number of carbonyl (C=O) groups excluding carboxylic acids is 2. The summed E-state index contributed by atoms with van der Waals surface area (Å²) in [5.74, 6) is -0.471. The van der Waals surface area contributed by atoms with Gasteiger partial charge in [0.25, 0.3) is 5.91 Å². The molecule has 1 aromatic carbocycles. The minimum absolute atomic E-state index is 0.158. The van der Waals surface area contributed by atoms with Gasteiger partial charge in [-0.05, 0) is 25.5 Å². The fourth-order valence-corrected chi connectivity index (χ4v) is 1.64. The summed E-state index contributed by atoms with van der Waals surface area (Å²) in [6.07, 6.45) is 0.886. The Kier molecular flexibility index (Phi) is 5.36. The van der Waals surface area contributed by atoms with E-state index in [1.165, 1.54) is 7.11 Å². The summed E-state index contributed by atoms with van der Waals surface area (Å²) in [5.41, 5.74) is 1.64. The molecule has 1 unspecified atom stereocenters. The molecule has 0 bridgehead atoms. The Morgan fingerprint density at radius 1 is 1.39 bits per heavy atom. The molecule has 1 rings (SSSR count). The zero-order valence-corrected chi connectivity index (χ0v) is 11.0. The topological polar surface area (TPSA) is 55.4 Å². The fraction of sp³-hybridized carbons (Fsp3) is 0.429. The number of benzene rings is 1. The molecule has 4 heteroatoms. The van der Waals surface area contributed by atoms with Gasteiger partial charge in [0.2, 0.25) is 0 Å². The Bertz CT molecular complexity index is 429. The van der Waals surface area contributed by atoms with Crippen molar-refractivity contribution in [3.05, 3.63) is 35.4 Å². The molecule has 0 spiro atoms. The Balaban J connectivity index is 2.65. The van der Waals surface area contributed by atoms with Gasteiger partial charge in [-0.2, -0.15) is 0 Å². The van der Waals surface area contributed by atoms with Crippen LogP contribution >= 0.6 is 0 Å². The first-order chi connectivity index (χ1) is 8.56. The molecule has 0 aliphatic rings. The number of amides is 1. The van der Waals surface area contributed by atoms with E-state index in [9.17, 15) is 9.59 Å². The first-order valence-corrected chi connectivity index (χ1v) is 6.01. The maximum absolute atomic E-state index is 12.0. The first kappa shape index (κ1) is 14.2. The predicted molar refractivity (Wildman–Crippen MR) is 69.4 cm³/mol. The van der Waals surface area contributed by atoms with E-state index in [0.717, 1.165) is 5.56 Å². The number of esters is 1. The van der Waals surface area contributed by atoms with Gasteiger partial charge < -0.3 is 10.1 Å². The molecule has 98 valence electrons. The van der Waals surface area contributed by atoms with E-state index in [0.29, 0.717) is 12.0 Å². The highest BCUT2D eigenvalue weighted by atomic mass is 16.5. The highest BCUT2D eigenvalue weighted by molar-refractivity contribution is 5.94. The lowest BCUT2D eigenvalue weighted by Gasteiger charge is -2.15. The number of rotatable bonds is 5. The molecule has 1 amide bonds. The van der Waals surface area contributed by atoms with Crippen molar-refractivity contribution in [2.24, 2.45) is 0 Å². The van der Waals surface area contributed by atoms with Crippen molar-refractivity contribution < 1.29 is 14.3 Å². The van der Waals surface area contributed by atoms with E-state index in [1.54, 1.807) is 6.07 Å². The van der Waals surface area contributed by atoms with Crippen molar-refractivity contribution >= 4 is 11.9 Å². The molecule has 0 aliphatic heterocycles. The smallest absolute Gasteiger partial charge is 0.307 e. The highest BCUT2D eigenvalue weighted by Crippen LogP contribution is 2.06. The summed E-state index contributed by atoms with van der Waals surface area (Å²) < 4.78 is 4.60. The van der Waals surface area contributed by atoms with Gasteiger partial charge in [0.15, 0.2) is 0 Å². The second-order valence-corrected chi connectivity index (χ2v) is 4.23. The molecule has 4 nitrogen and oxygen atoms in total. The maximum atomic E-state index is 12.0. The van der Waals surface area contributed by atoms with Crippen LogP contribution in [0, 0.1) is 6.92 Å². The van der Waals surface area contributed by atoms with Crippen LogP contribution in [0.1, 0.15) is 35.7 Å². The summed E-state index contributed by atoms with van der Waals surface area (Å²) >= 11 is 0. The summed E-state index contributed by atoms with van der Waals surface area (Å²) in [6, 6.07) is 7.16. The lowest BCUT2D eigenvalue weighted by Crippen LogP contribution is -2.36. The Morgan fingerprint density at radius 2 is 2.11 bits per heavy atom. The number of methoxy groups -OCH3 is 1. The molecule has 1 atom stereocenters. The average molecular weight is 249 g/mol. The monoisotopic (exact) mass is 249 g/mol. The lowest BCUT2D eigenvalue weighted by atomic mass is 10.1. The summed E-state index contributed by atoms with van der Waals surface area (Å²) in [6.45, 7) is 3.85. The van der Waals surface area contributed by atoms with E-state index in [2.05, 4.69) is 10.1 Å². The molecule has 0 heterocycles.